The van der Waals surface area contributed by atoms with E-state index >= 15 is 0 Å². The van der Waals surface area contributed by atoms with Crippen molar-refractivity contribution in [2.24, 2.45) is 0 Å². The molecule has 1 aliphatic rings. The molecular weight excluding hydrogens is 295 g/mol. The molecule has 0 saturated carbocycles. The van der Waals surface area contributed by atoms with Crippen molar-refractivity contribution in [3.05, 3.63) is 29.3 Å². The number of sulfonamides is 1. The van der Waals surface area contributed by atoms with Gasteiger partial charge in [-0.05, 0) is 31.5 Å². The van der Waals surface area contributed by atoms with Crippen LogP contribution in [0.5, 0.6) is 0 Å². The minimum atomic E-state index is -3.51. The van der Waals surface area contributed by atoms with Gasteiger partial charge < -0.3 is 5.32 Å². The standard InChI is InChI=1S/C11H15ClN2O2S.ClH/c12-10-5-1-2-6-11(10)17(15,16)14-9-4-3-7-13-8-9;/h1-2,5-6,9,13-14H,3-4,7-8H2;1H/t9-;/m0./s1. The fourth-order valence-electron chi connectivity index (χ4n) is 1.90. The van der Waals surface area contributed by atoms with Crippen LogP contribution in [0.25, 0.3) is 0 Å². The van der Waals surface area contributed by atoms with Gasteiger partial charge in [-0.2, -0.15) is 0 Å². The van der Waals surface area contributed by atoms with Crippen LogP contribution in [0, 0.1) is 0 Å². The molecule has 0 bridgehead atoms. The maximum absolute atomic E-state index is 12.1. The van der Waals surface area contributed by atoms with Crippen LogP contribution in [0.2, 0.25) is 5.02 Å². The van der Waals surface area contributed by atoms with Crippen LogP contribution in [0.15, 0.2) is 29.2 Å². The van der Waals surface area contributed by atoms with Gasteiger partial charge in [0, 0.05) is 12.6 Å². The van der Waals surface area contributed by atoms with Crippen molar-refractivity contribution in [1.29, 1.82) is 0 Å². The largest absolute Gasteiger partial charge is 0.315 e. The monoisotopic (exact) mass is 310 g/mol. The summed E-state index contributed by atoms with van der Waals surface area (Å²) in [6.45, 7) is 1.62. The number of benzene rings is 1. The zero-order chi connectivity index (χ0) is 12.3. The Hall–Kier alpha value is -0.330. The van der Waals surface area contributed by atoms with Crippen molar-refractivity contribution in [2.75, 3.05) is 13.1 Å². The predicted octanol–water partition coefficient (Wildman–Crippen LogP) is 1.79. The number of rotatable bonds is 3. The normalized spacial score (nSPS) is 20.2. The van der Waals surface area contributed by atoms with Gasteiger partial charge >= 0.3 is 0 Å². The average molecular weight is 311 g/mol. The molecule has 0 spiro atoms. The molecule has 1 fully saturated rings. The molecule has 1 aromatic rings. The SMILES string of the molecule is Cl.O=S(=O)(N[C@H]1CCCNC1)c1ccccc1Cl. The number of halogens is 2. The molecule has 18 heavy (non-hydrogen) atoms. The van der Waals surface area contributed by atoms with Gasteiger partial charge in [0.25, 0.3) is 0 Å². The third-order valence-electron chi connectivity index (χ3n) is 2.74. The maximum Gasteiger partial charge on any atom is 0.242 e. The summed E-state index contributed by atoms with van der Waals surface area (Å²) in [5.74, 6) is 0. The van der Waals surface area contributed by atoms with Gasteiger partial charge in [0.2, 0.25) is 10.0 Å². The summed E-state index contributed by atoms with van der Waals surface area (Å²) in [6.07, 6.45) is 1.84. The highest BCUT2D eigenvalue weighted by Crippen LogP contribution is 2.20. The van der Waals surface area contributed by atoms with E-state index in [0.717, 1.165) is 19.4 Å². The fourth-order valence-corrected chi connectivity index (χ4v) is 3.69. The molecule has 0 radical (unpaired) electrons. The maximum atomic E-state index is 12.1. The minimum Gasteiger partial charge on any atom is -0.315 e. The van der Waals surface area contributed by atoms with Crippen LogP contribution in [-0.4, -0.2) is 27.5 Å². The van der Waals surface area contributed by atoms with Crippen LogP contribution >= 0.6 is 24.0 Å². The molecule has 4 nitrogen and oxygen atoms in total. The van der Waals surface area contributed by atoms with Crippen LogP contribution in [0.1, 0.15) is 12.8 Å². The first-order valence-electron chi connectivity index (χ1n) is 5.57. The van der Waals surface area contributed by atoms with Crippen LogP contribution in [-0.2, 0) is 10.0 Å². The zero-order valence-electron chi connectivity index (χ0n) is 9.73. The Balaban J connectivity index is 0.00000162. The Bertz CT molecular complexity index is 488. The molecule has 0 unspecified atom stereocenters. The summed E-state index contributed by atoms with van der Waals surface area (Å²) < 4.78 is 26.9. The van der Waals surface area contributed by atoms with Gasteiger partial charge in [0.1, 0.15) is 4.90 Å². The molecule has 0 aromatic heterocycles. The van der Waals surface area contributed by atoms with Gasteiger partial charge in [-0.1, -0.05) is 23.7 Å². The lowest BCUT2D eigenvalue weighted by molar-refractivity contribution is 0.428. The summed E-state index contributed by atoms with van der Waals surface area (Å²) in [7, 11) is -3.51. The molecule has 102 valence electrons. The lowest BCUT2D eigenvalue weighted by atomic mass is 10.1. The topological polar surface area (TPSA) is 58.2 Å². The first-order chi connectivity index (χ1) is 8.09. The quantitative estimate of drug-likeness (QED) is 0.895. The van der Waals surface area contributed by atoms with Crippen molar-refractivity contribution in [3.8, 4) is 0 Å². The highest BCUT2D eigenvalue weighted by atomic mass is 35.5. The van der Waals surface area contributed by atoms with Gasteiger partial charge in [-0.15, -0.1) is 12.4 Å². The minimum absolute atomic E-state index is 0. The van der Waals surface area contributed by atoms with E-state index in [1.165, 1.54) is 6.07 Å². The molecule has 1 heterocycles. The van der Waals surface area contributed by atoms with Gasteiger partial charge in [-0.3, -0.25) is 0 Å². The Morgan fingerprint density at radius 3 is 2.67 bits per heavy atom. The second kappa shape index (κ2) is 6.73. The third-order valence-corrected chi connectivity index (χ3v) is 4.77. The lowest BCUT2D eigenvalue weighted by Crippen LogP contribution is -2.45. The highest BCUT2D eigenvalue weighted by Gasteiger charge is 2.23. The molecule has 0 amide bonds. The smallest absolute Gasteiger partial charge is 0.242 e. The van der Waals surface area contributed by atoms with Crippen LogP contribution in [0.3, 0.4) is 0 Å². The van der Waals surface area contributed by atoms with Gasteiger partial charge in [0.15, 0.2) is 0 Å². The number of piperidine rings is 1. The second-order valence-corrected chi connectivity index (χ2v) is 6.18. The highest BCUT2D eigenvalue weighted by molar-refractivity contribution is 7.89. The average Bonchev–Trinajstić information content (AvgIpc) is 2.30. The van der Waals surface area contributed by atoms with Crippen molar-refractivity contribution in [3.63, 3.8) is 0 Å². The van der Waals surface area contributed by atoms with E-state index in [1.54, 1.807) is 18.2 Å². The number of hydrogen-bond donors (Lipinski definition) is 2. The van der Waals surface area contributed by atoms with Gasteiger partial charge in [-0.25, -0.2) is 13.1 Å². The van der Waals surface area contributed by atoms with E-state index in [-0.39, 0.29) is 28.4 Å². The van der Waals surface area contributed by atoms with E-state index in [2.05, 4.69) is 10.0 Å². The molecule has 1 saturated heterocycles. The van der Waals surface area contributed by atoms with E-state index in [0.29, 0.717) is 6.54 Å². The summed E-state index contributed by atoms with van der Waals surface area (Å²) in [4.78, 5) is 0.146. The Morgan fingerprint density at radius 2 is 2.06 bits per heavy atom. The van der Waals surface area contributed by atoms with Crippen molar-refractivity contribution >= 4 is 34.0 Å². The molecule has 1 atom stereocenters. The van der Waals surface area contributed by atoms with Crippen molar-refractivity contribution < 1.29 is 8.42 Å². The summed E-state index contributed by atoms with van der Waals surface area (Å²) in [5.41, 5.74) is 0. The Kier molecular flexibility index (Phi) is 5.88. The molecule has 7 heteroatoms. The Labute approximate surface area is 119 Å². The van der Waals surface area contributed by atoms with Crippen molar-refractivity contribution in [1.82, 2.24) is 10.0 Å². The van der Waals surface area contributed by atoms with Crippen LogP contribution in [0.4, 0.5) is 0 Å². The third kappa shape index (κ3) is 3.83. The number of hydrogen-bond acceptors (Lipinski definition) is 3. The summed E-state index contributed by atoms with van der Waals surface area (Å²) in [6, 6.07) is 6.42. The van der Waals surface area contributed by atoms with Crippen molar-refractivity contribution in [2.45, 2.75) is 23.8 Å². The zero-order valence-corrected chi connectivity index (χ0v) is 12.1. The first kappa shape index (κ1) is 15.7. The summed E-state index contributed by atoms with van der Waals surface area (Å²) in [5, 5.41) is 3.42. The molecule has 1 aromatic carbocycles. The molecule has 2 rings (SSSR count). The van der Waals surface area contributed by atoms with Crippen LogP contribution < -0.4 is 10.0 Å². The molecular formula is C11H16Cl2N2O2S. The lowest BCUT2D eigenvalue weighted by Gasteiger charge is -2.23. The van der Waals surface area contributed by atoms with E-state index in [1.807, 2.05) is 0 Å². The van der Waals surface area contributed by atoms with Gasteiger partial charge in [0.05, 0.1) is 5.02 Å². The fraction of sp³-hybridized carbons (Fsp3) is 0.455. The number of nitrogens with one attached hydrogen (secondary N) is 2. The Morgan fingerprint density at radius 1 is 1.33 bits per heavy atom. The summed E-state index contributed by atoms with van der Waals surface area (Å²) >= 11 is 5.89. The molecule has 0 aliphatic carbocycles. The molecule has 1 aliphatic heterocycles. The van der Waals surface area contributed by atoms with E-state index < -0.39 is 10.0 Å². The van der Waals surface area contributed by atoms with E-state index in [9.17, 15) is 8.42 Å². The molecule has 2 N–H and O–H groups in total. The first-order valence-corrected chi connectivity index (χ1v) is 7.43. The van der Waals surface area contributed by atoms with E-state index in [4.69, 9.17) is 11.6 Å². The predicted molar refractivity (Wildman–Crippen MR) is 74.9 cm³/mol. The second-order valence-electron chi connectivity index (χ2n) is 4.09.